The van der Waals surface area contributed by atoms with Crippen LogP contribution in [0.15, 0.2) is 40.0 Å². The van der Waals surface area contributed by atoms with Crippen molar-refractivity contribution in [2.75, 3.05) is 12.8 Å². The lowest BCUT2D eigenvalue weighted by atomic mass is 10.2. The molecule has 0 fully saturated rings. The molecule has 0 amide bonds. The molecule has 0 aliphatic heterocycles. The van der Waals surface area contributed by atoms with E-state index in [4.69, 9.17) is 14.9 Å². The zero-order valence-electron chi connectivity index (χ0n) is 12.7. The van der Waals surface area contributed by atoms with Crippen molar-refractivity contribution in [1.82, 2.24) is 19.9 Å². The van der Waals surface area contributed by atoms with Gasteiger partial charge in [-0.2, -0.15) is 9.97 Å². The molecule has 1 aromatic carbocycles. The summed E-state index contributed by atoms with van der Waals surface area (Å²) in [7, 11) is 1.63. The van der Waals surface area contributed by atoms with Gasteiger partial charge >= 0.3 is 0 Å². The highest BCUT2D eigenvalue weighted by molar-refractivity contribution is 7.98. The standard InChI is InChI=1S/C15H15N5O2S/c1-9-18-14(16)20-15(19-9)23-8-13-17-7-12(22-13)10-3-5-11(21-2)6-4-10/h3-7H,8H2,1-2H3,(H2,16,18,19,20). The third-order valence-corrected chi connectivity index (χ3v) is 3.83. The fourth-order valence-electron chi connectivity index (χ4n) is 1.93. The summed E-state index contributed by atoms with van der Waals surface area (Å²) >= 11 is 1.40. The molecule has 3 rings (SSSR count). The first-order valence-electron chi connectivity index (χ1n) is 6.84. The minimum Gasteiger partial charge on any atom is -0.497 e. The van der Waals surface area contributed by atoms with E-state index < -0.39 is 0 Å². The Morgan fingerprint density at radius 2 is 1.96 bits per heavy atom. The Bertz CT molecular complexity index is 784. The lowest BCUT2D eigenvalue weighted by Crippen LogP contribution is -2.01. The smallest absolute Gasteiger partial charge is 0.224 e. The van der Waals surface area contributed by atoms with Gasteiger partial charge in [0.25, 0.3) is 0 Å². The average Bonchev–Trinajstić information content (AvgIpc) is 3.01. The van der Waals surface area contributed by atoms with Crippen LogP contribution in [-0.4, -0.2) is 27.0 Å². The minimum absolute atomic E-state index is 0.214. The Morgan fingerprint density at radius 1 is 1.17 bits per heavy atom. The fraction of sp³-hybridized carbons (Fsp3) is 0.200. The first-order valence-corrected chi connectivity index (χ1v) is 7.82. The van der Waals surface area contributed by atoms with E-state index in [0.717, 1.165) is 11.3 Å². The number of aromatic nitrogens is 4. The normalized spacial score (nSPS) is 10.7. The lowest BCUT2D eigenvalue weighted by Gasteiger charge is -2.01. The minimum atomic E-state index is 0.214. The van der Waals surface area contributed by atoms with Crippen LogP contribution in [0.4, 0.5) is 5.95 Å². The molecule has 0 bridgehead atoms. The van der Waals surface area contributed by atoms with E-state index in [9.17, 15) is 0 Å². The number of nitrogens with two attached hydrogens (primary N) is 1. The van der Waals surface area contributed by atoms with Crippen LogP contribution >= 0.6 is 11.8 Å². The molecule has 0 saturated carbocycles. The molecule has 0 spiro atoms. The Labute approximate surface area is 137 Å². The molecule has 0 aliphatic carbocycles. The number of methoxy groups -OCH3 is 1. The van der Waals surface area contributed by atoms with Gasteiger partial charge in [0.15, 0.2) is 10.9 Å². The molecule has 23 heavy (non-hydrogen) atoms. The summed E-state index contributed by atoms with van der Waals surface area (Å²) in [6.45, 7) is 1.77. The SMILES string of the molecule is COc1ccc(-c2cnc(CSc3nc(C)nc(N)n3)o2)cc1. The second-order valence-electron chi connectivity index (χ2n) is 4.66. The van der Waals surface area contributed by atoms with Crippen LogP contribution in [0.5, 0.6) is 5.75 Å². The van der Waals surface area contributed by atoms with Crippen LogP contribution in [-0.2, 0) is 5.75 Å². The number of hydrogen-bond donors (Lipinski definition) is 1. The molecule has 0 saturated heterocycles. The van der Waals surface area contributed by atoms with Gasteiger partial charge in [-0.1, -0.05) is 11.8 Å². The average molecular weight is 329 g/mol. The molecule has 0 radical (unpaired) electrons. The van der Waals surface area contributed by atoms with Crippen LogP contribution < -0.4 is 10.5 Å². The van der Waals surface area contributed by atoms with Crippen molar-refractivity contribution in [2.45, 2.75) is 17.8 Å². The Kier molecular flexibility index (Phi) is 4.42. The van der Waals surface area contributed by atoms with Crippen LogP contribution in [0.1, 0.15) is 11.7 Å². The summed E-state index contributed by atoms with van der Waals surface area (Å²) in [5.74, 6) is 3.41. The third kappa shape index (κ3) is 3.78. The molecule has 0 unspecified atom stereocenters. The summed E-state index contributed by atoms with van der Waals surface area (Å²) in [5.41, 5.74) is 6.55. The highest BCUT2D eigenvalue weighted by Crippen LogP contribution is 2.25. The number of nitrogens with zero attached hydrogens (tertiary/aromatic N) is 4. The maximum atomic E-state index is 5.75. The summed E-state index contributed by atoms with van der Waals surface area (Å²) in [6.07, 6.45) is 1.70. The summed E-state index contributed by atoms with van der Waals surface area (Å²) in [6, 6.07) is 7.60. The number of ether oxygens (including phenoxy) is 1. The van der Waals surface area contributed by atoms with Crippen molar-refractivity contribution in [1.29, 1.82) is 0 Å². The van der Waals surface area contributed by atoms with E-state index in [-0.39, 0.29) is 5.95 Å². The maximum Gasteiger partial charge on any atom is 0.224 e. The fourth-order valence-corrected chi connectivity index (χ4v) is 2.67. The number of benzene rings is 1. The lowest BCUT2D eigenvalue weighted by molar-refractivity contribution is 0.415. The van der Waals surface area contributed by atoms with Gasteiger partial charge in [-0.3, -0.25) is 0 Å². The van der Waals surface area contributed by atoms with Crippen LogP contribution in [0.3, 0.4) is 0 Å². The predicted octanol–water partition coefficient (Wildman–Crippen LogP) is 2.72. The maximum absolute atomic E-state index is 5.75. The first-order chi connectivity index (χ1) is 11.1. The van der Waals surface area contributed by atoms with E-state index in [1.54, 1.807) is 20.2 Å². The van der Waals surface area contributed by atoms with Crippen molar-refractivity contribution in [3.05, 3.63) is 42.2 Å². The number of hydrogen-bond acceptors (Lipinski definition) is 8. The number of nitrogen functional groups attached to an aromatic ring is 1. The number of thioether (sulfide) groups is 1. The quantitative estimate of drug-likeness (QED) is 0.713. The van der Waals surface area contributed by atoms with Crippen molar-refractivity contribution < 1.29 is 9.15 Å². The molecular weight excluding hydrogens is 314 g/mol. The number of oxazole rings is 1. The number of aryl methyl sites for hydroxylation is 1. The predicted molar refractivity (Wildman–Crippen MR) is 87.0 cm³/mol. The van der Waals surface area contributed by atoms with E-state index >= 15 is 0 Å². The van der Waals surface area contributed by atoms with Gasteiger partial charge in [-0.05, 0) is 31.2 Å². The highest BCUT2D eigenvalue weighted by Gasteiger charge is 2.09. The second kappa shape index (κ2) is 6.66. The molecule has 0 atom stereocenters. The van der Waals surface area contributed by atoms with Gasteiger partial charge in [0.1, 0.15) is 11.6 Å². The Morgan fingerprint density at radius 3 is 2.65 bits per heavy atom. The Hall–Kier alpha value is -2.61. The molecule has 2 aromatic heterocycles. The molecule has 2 heterocycles. The Balaban J connectivity index is 1.69. The highest BCUT2D eigenvalue weighted by atomic mass is 32.2. The number of anilines is 1. The molecule has 0 aliphatic rings. The molecular formula is C15H15N5O2S. The van der Waals surface area contributed by atoms with Gasteiger partial charge in [0.05, 0.1) is 19.1 Å². The second-order valence-corrected chi connectivity index (χ2v) is 5.60. The zero-order valence-corrected chi connectivity index (χ0v) is 13.5. The van der Waals surface area contributed by atoms with Crippen molar-refractivity contribution in [2.24, 2.45) is 0 Å². The summed E-state index contributed by atoms with van der Waals surface area (Å²) < 4.78 is 10.9. The molecule has 8 heteroatoms. The van der Waals surface area contributed by atoms with E-state index in [1.807, 2.05) is 24.3 Å². The molecule has 2 N–H and O–H groups in total. The topological polar surface area (TPSA) is 100.0 Å². The van der Waals surface area contributed by atoms with Crippen molar-refractivity contribution >= 4 is 17.7 Å². The molecule has 7 nitrogen and oxygen atoms in total. The van der Waals surface area contributed by atoms with Gasteiger partial charge < -0.3 is 14.9 Å². The monoisotopic (exact) mass is 329 g/mol. The van der Waals surface area contributed by atoms with Crippen LogP contribution in [0, 0.1) is 6.92 Å². The summed E-state index contributed by atoms with van der Waals surface area (Å²) in [5, 5.41) is 0.555. The van der Waals surface area contributed by atoms with Crippen molar-refractivity contribution in [3.63, 3.8) is 0 Å². The van der Waals surface area contributed by atoms with E-state index in [1.165, 1.54) is 11.8 Å². The van der Waals surface area contributed by atoms with Gasteiger partial charge in [0, 0.05) is 5.56 Å². The number of rotatable bonds is 5. The summed E-state index contributed by atoms with van der Waals surface area (Å²) in [4.78, 5) is 16.5. The van der Waals surface area contributed by atoms with Gasteiger partial charge in [-0.15, -0.1) is 0 Å². The van der Waals surface area contributed by atoms with Crippen LogP contribution in [0.2, 0.25) is 0 Å². The molecule has 118 valence electrons. The molecule has 3 aromatic rings. The van der Waals surface area contributed by atoms with Crippen LogP contribution in [0.25, 0.3) is 11.3 Å². The van der Waals surface area contributed by atoms with Gasteiger partial charge in [0.2, 0.25) is 11.8 Å². The van der Waals surface area contributed by atoms with E-state index in [2.05, 4.69) is 19.9 Å². The van der Waals surface area contributed by atoms with E-state index in [0.29, 0.717) is 28.4 Å². The largest absolute Gasteiger partial charge is 0.497 e. The first kappa shape index (κ1) is 15.3. The third-order valence-electron chi connectivity index (χ3n) is 3.00. The van der Waals surface area contributed by atoms with Crippen molar-refractivity contribution in [3.8, 4) is 17.1 Å². The van der Waals surface area contributed by atoms with Gasteiger partial charge in [-0.25, -0.2) is 9.97 Å². The zero-order chi connectivity index (χ0) is 16.2.